The number of Topliss-reactive ketones (excluding diaryl/α,β-unsaturated/α-hetero) is 1. The number of carbonyl (C=O) groups is 1. The summed E-state index contributed by atoms with van der Waals surface area (Å²) in [6.45, 7) is 0.725. The SMILES string of the molecule is O=C(c1ccccc1)C1CCCO1. The van der Waals surface area contributed by atoms with E-state index in [1.165, 1.54) is 0 Å². The van der Waals surface area contributed by atoms with Crippen LogP contribution in [0.25, 0.3) is 0 Å². The summed E-state index contributed by atoms with van der Waals surface area (Å²) in [6.07, 6.45) is 1.68. The Labute approximate surface area is 77.5 Å². The highest BCUT2D eigenvalue weighted by Crippen LogP contribution is 2.16. The van der Waals surface area contributed by atoms with Crippen LogP contribution in [0.15, 0.2) is 30.3 Å². The first-order valence-electron chi connectivity index (χ1n) is 4.59. The Morgan fingerprint density at radius 1 is 1.31 bits per heavy atom. The molecule has 1 aliphatic rings. The first-order valence-corrected chi connectivity index (χ1v) is 4.59. The van der Waals surface area contributed by atoms with Gasteiger partial charge in [0.05, 0.1) is 0 Å². The molecule has 1 unspecified atom stereocenters. The van der Waals surface area contributed by atoms with Crippen molar-refractivity contribution in [2.24, 2.45) is 0 Å². The number of rotatable bonds is 2. The molecular weight excluding hydrogens is 164 g/mol. The van der Waals surface area contributed by atoms with Crippen LogP contribution in [-0.2, 0) is 4.74 Å². The average Bonchev–Trinajstić information content (AvgIpc) is 2.71. The van der Waals surface area contributed by atoms with Crippen LogP contribution in [0, 0.1) is 0 Å². The molecule has 1 aromatic rings. The number of carbonyl (C=O) groups excluding carboxylic acids is 1. The van der Waals surface area contributed by atoms with Gasteiger partial charge >= 0.3 is 0 Å². The molecule has 0 spiro atoms. The molecule has 0 aliphatic carbocycles. The van der Waals surface area contributed by atoms with E-state index in [0.29, 0.717) is 0 Å². The number of ketones is 1. The zero-order valence-electron chi connectivity index (χ0n) is 7.40. The van der Waals surface area contributed by atoms with Crippen molar-refractivity contribution in [3.8, 4) is 0 Å². The van der Waals surface area contributed by atoms with E-state index in [0.717, 1.165) is 25.0 Å². The van der Waals surface area contributed by atoms with Crippen LogP contribution in [-0.4, -0.2) is 18.5 Å². The smallest absolute Gasteiger partial charge is 0.191 e. The fourth-order valence-corrected chi connectivity index (χ4v) is 1.57. The molecule has 0 aromatic heterocycles. The Morgan fingerprint density at radius 2 is 2.08 bits per heavy atom. The van der Waals surface area contributed by atoms with Crippen LogP contribution < -0.4 is 0 Å². The Kier molecular flexibility index (Phi) is 2.41. The molecule has 1 aromatic carbocycles. The highest BCUT2D eigenvalue weighted by Gasteiger charge is 2.24. The first-order chi connectivity index (χ1) is 6.38. The Bertz CT molecular complexity index is 286. The summed E-state index contributed by atoms with van der Waals surface area (Å²) in [7, 11) is 0. The van der Waals surface area contributed by atoms with Gasteiger partial charge in [0.2, 0.25) is 0 Å². The Balaban J connectivity index is 2.13. The molecule has 1 fully saturated rings. The topological polar surface area (TPSA) is 26.3 Å². The van der Waals surface area contributed by atoms with E-state index in [9.17, 15) is 4.79 Å². The van der Waals surface area contributed by atoms with Crippen molar-refractivity contribution in [1.82, 2.24) is 0 Å². The molecule has 1 heterocycles. The number of ether oxygens (including phenoxy) is 1. The molecule has 0 saturated carbocycles. The van der Waals surface area contributed by atoms with Crippen molar-refractivity contribution in [3.05, 3.63) is 35.9 Å². The number of hydrogen-bond donors (Lipinski definition) is 0. The molecule has 0 bridgehead atoms. The number of benzene rings is 1. The Morgan fingerprint density at radius 3 is 2.69 bits per heavy atom. The van der Waals surface area contributed by atoms with Crippen molar-refractivity contribution < 1.29 is 9.53 Å². The third-order valence-electron chi connectivity index (χ3n) is 2.28. The zero-order valence-corrected chi connectivity index (χ0v) is 7.40. The van der Waals surface area contributed by atoms with E-state index < -0.39 is 0 Å². The highest BCUT2D eigenvalue weighted by molar-refractivity contribution is 5.99. The summed E-state index contributed by atoms with van der Waals surface area (Å²) in [5.41, 5.74) is 0.759. The minimum Gasteiger partial charge on any atom is -0.370 e. The maximum absolute atomic E-state index is 11.7. The van der Waals surface area contributed by atoms with E-state index in [1.54, 1.807) is 0 Å². The van der Waals surface area contributed by atoms with Crippen LogP contribution in [0.4, 0.5) is 0 Å². The van der Waals surface area contributed by atoms with Crippen molar-refractivity contribution in [3.63, 3.8) is 0 Å². The van der Waals surface area contributed by atoms with Crippen LogP contribution >= 0.6 is 0 Å². The van der Waals surface area contributed by atoms with E-state index >= 15 is 0 Å². The molecule has 0 radical (unpaired) electrons. The van der Waals surface area contributed by atoms with Crippen LogP contribution in [0.2, 0.25) is 0 Å². The molecule has 13 heavy (non-hydrogen) atoms. The highest BCUT2D eigenvalue weighted by atomic mass is 16.5. The summed E-state index contributed by atoms with van der Waals surface area (Å²) >= 11 is 0. The lowest BCUT2D eigenvalue weighted by molar-refractivity contribution is 0.0643. The van der Waals surface area contributed by atoms with Gasteiger partial charge in [-0.05, 0) is 12.8 Å². The van der Waals surface area contributed by atoms with Gasteiger partial charge in [0.1, 0.15) is 6.10 Å². The quantitative estimate of drug-likeness (QED) is 0.644. The molecular formula is C11H12O2. The minimum atomic E-state index is -0.192. The molecule has 2 nitrogen and oxygen atoms in total. The fourth-order valence-electron chi connectivity index (χ4n) is 1.57. The maximum Gasteiger partial charge on any atom is 0.191 e. The van der Waals surface area contributed by atoms with Crippen molar-refractivity contribution >= 4 is 5.78 Å². The predicted octanol–water partition coefficient (Wildman–Crippen LogP) is 2.05. The maximum atomic E-state index is 11.7. The van der Waals surface area contributed by atoms with Gasteiger partial charge < -0.3 is 4.74 Å². The second-order valence-electron chi connectivity index (χ2n) is 3.23. The van der Waals surface area contributed by atoms with E-state index in [1.807, 2.05) is 30.3 Å². The largest absolute Gasteiger partial charge is 0.370 e. The third kappa shape index (κ3) is 1.78. The van der Waals surface area contributed by atoms with Crippen LogP contribution in [0.1, 0.15) is 23.2 Å². The second kappa shape index (κ2) is 3.71. The monoisotopic (exact) mass is 176 g/mol. The van der Waals surface area contributed by atoms with Crippen molar-refractivity contribution in [2.45, 2.75) is 18.9 Å². The van der Waals surface area contributed by atoms with Crippen molar-refractivity contribution in [2.75, 3.05) is 6.61 Å². The fraction of sp³-hybridized carbons (Fsp3) is 0.364. The number of hydrogen-bond acceptors (Lipinski definition) is 2. The molecule has 0 amide bonds. The second-order valence-corrected chi connectivity index (χ2v) is 3.23. The van der Waals surface area contributed by atoms with Crippen LogP contribution in [0.5, 0.6) is 0 Å². The standard InChI is InChI=1S/C11H12O2/c12-11(10-7-4-8-13-10)9-5-2-1-3-6-9/h1-3,5-6,10H,4,7-8H2. The predicted molar refractivity (Wildman–Crippen MR) is 49.7 cm³/mol. The van der Waals surface area contributed by atoms with Gasteiger partial charge in [0.25, 0.3) is 0 Å². The van der Waals surface area contributed by atoms with Gasteiger partial charge in [0, 0.05) is 12.2 Å². The summed E-state index contributed by atoms with van der Waals surface area (Å²) in [4.78, 5) is 11.7. The Hall–Kier alpha value is -1.15. The van der Waals surface area contributed by atoms with Gasteiger partial charge in [-0.2, -0.15) is 0 Å². The molecule has 1 saturated heterocycles. The average molecular weight is 176 g/mol. The molecule has 2 heteroatoms. The van der Waals surface area contributed by atoms with Gasteiger partial charge in [0.15, 0.2) is 5.78 Å². The lowest BCUT2D eigenvalue weighted by Gasteiger charge is -2.07. The molecule has 2 rings (SSSR count). The van der Waals surface area contributed by atoms with Gasteiger partial charge in [-0.15, -0.1) is 0 Å². The molecule has 68 valence electrons. The summed E-state index contributed by atoms with van der Waals surface area (Å²) in [5, 5.41) is 0. The van der Waals surface area contributed by atoms with Crippen LogP contribution in [0.3, 0.4) is 0 Å². The summed E-state index contributed by atoms with van der Waals surface area (Å²) < 4.78 is 5.32. The molecule has 1 atom stereocenters. The van der Waals surface area contributed by atoms with E-state index in [-0.39, 0.29) is 11.9 Å². The first kappa shape index (κ1) is 8.45. The minimum absolute atomic E-state index is 0.123. The van der Waals surface area contributed by atoms with Crippen molar-refractivity contribution in [1.29, 1.82) is 0 Å². The van der Waals surface area contributed by atoms with Gasteiger partial charge in [-0.25, -0.2) is 0 Å². The lowest BCUT2D eigenvalue weighted by atomic mass is 10.0. The van der Waals surface area contributed by atoms with Gasteiger partial charge in [-0.1, -0.05) is 30.3 Å². The third-order valence-corrected chi connectivity index (χ3v) is 2.28. The lowest BCUT2D eigenvalue weighted by Crippen LogP contribution is -2.19. The zero-order chi connectivity index (χ0) is 9.10. The molecule has 1 aliphatic heterocycles. The summed E-state index contributed by atoms with van der Waals surface area (Å²) in [5.74, 6) is 0.123. The molecule has 0 N–H and O–H groups in total. The van der Waals surface area contributed by atoms with E-state index in [2.05, 4.69) is 0 Å². The normalized spacial score (nSPS) is 21.7. The summed E-state index contributed by atoms with van der Waals surface area (Å²) in [6, 6.07) is 9.34. The van der Waals surface area contributed by atoms with E-state index in [4.69, 9.17) is 4.74 Å². The van der Waals surface area contributed by atoms with Gasteiger partial charge in [-0.3, -0.25) is 4.79 Å².